The van der Waals surface area contributed by atoms with Gasteiger partial charge in [0.1, 0.15) is 0 Å². The summed E-state index contributed by atoms with van der Waals surface area (Å²) in [5, 5.41) is 11.5. The Morgan fingerprint density at radius 2 is 1.36 bits per heavy atom. The van der Waals surface area contributed by atoms with Gasteiger partial charge in [-0.15, -0.1) is 0 Å². The van der Waals surface area contributed by atoms with Crippen LogP contribution in [0.1, 0.15) is 108 Å². The van der Waals surface area contributed by atoms with Gasteiger partial charge in [-0.1, -0.05) is 109 Å². The molecule has 0 saturated carbocycles. The van der Waals surface area contributed by atoms with Crippen LogP contribution in [0.5, 0.6) is 0 Å². The molecule has 1 aromatic carbocycles. The zero-order chi connectivity index (χ0) is 20.1. The SMILES string of the molecule is CCCCCCCCN1Cc2ccccc2CC(O)(CCCCCCCC)C1. The highest BCUT2D eigenvalue weighted by atomic mass is 16.3. The van der Waals surface area contributed by atoms with Crippen molar-refractivity contribution in [1.29, 1.82) is 0 Å². The van der Waals surface area contributed by atoms with Crippen LogP contribution in [0.15, 0.2) is 24.3 Å². The number of β-amino-alcohol motifs (C(OH)–C–C–N with tert-alkyl or cyclic N) is 1. The van der Waals surface area contributed by atoms with Crippen molar-refractivity contribution >= 4 is 0 Å². The molecule has 160 valence electrons. The van der Waals surface area contributed by atoms with Gasteiger partial charge in [-0.05, 0) is 30.5 Å². The summed E-state index contributed by atoms with van der Waals surface area (Å²) < 4.78 is 0. The van der Waals surface area contributed by atoms with Crippen LogP contribution in [0.3, 0.4) is 0 Å². The predicted molar refractivity (Wildman–Crippen MR) is 122 cm³/mol. The number of unbranched alkanes of at least 4 members (excludes halogenated alkanes) is 10. The van der Waals surface area contributed by atoms with E-state index >= 15 is 0 Å². The molecule has 1 N–H and O–H groups in total. The number of hydrogen-bond acceptors (Lipinski definition) is 2. The topological polar surface area (TPSA) is 23.5 Å². The molecular weight excluding hydrogens is 342 g/mol. The van der Waals surface area contributed by atoms with Crippen molar-refractivity contribution in [3.63, 3.8) is 0 Å². The molecule has 0 aromatic heterocycles. The molecule has 0 bridgehead atoms. The minimum Gasteiger partial charge on any atom is -0.388 e. The normalized spacial score (nSPS) is 20.1. The molecule has 0 spiro atoms. The molecule has 1 aromatic rings. The summed E-state index contributed by atoms with van der Waals surface area (Å²) >= 11 is 0. The molecule has 1 aliphatic heterocycles. The Hall–Kier alpha value is -0.860. The third-order valence-corrected chi connectivity index (χ3v) is 6.37. The van der Waals surface area contributed by atoms with Crippen LogP contribution in [0, 0.1) is 0 Å². The van der Waals surface area contributed by atoms with E-state index in [1.54, 1.807) is 0 Å². The molecule has 0 saturated heterocycles. The molecule has 2 nitrogen and oxygen atoms in total. The number of rotatable bonds is 14. The first-order valence-electron chi connectivity index (χ1n) is 12.2. The van der Waals surface area contributed by atoms with Crippen LogP contribution in [0.2, 0.25) is 0 Å². The molecule has 1 unspecified atom stereocenters. The second kappa shape index (κ2) is 13.4. The highest BCUT2D eigenvalue weighted by Gasteiger charge is 2.33. The number of nitrogens with zero attached hydrogens (tertiary/aromatic N) is 1. The molecule has 28 heavy (non-hydrogen) atoms. The van der Waals surface area contributed by atoms with Crippen LogP contribution in [0.25, 0.3) is 0 Å². The van der Waals surface area contributed by atoms with E-state index in [0.29, 0.717) is 0 Å². The average molecular weight is 388 g/mol. The second-order valence-corrected chi connectivity index (χ2v) is 9.17. The van der Waals surface area contributed by atoms with E-state index in [4.69, 9.17) is 0 Å². The third kappa shape index (κ3) is 8.66. The molecular formula is C26H45NO. The maximum atomic E-state index is 11.5. The zero-order valence-corrected chi connectivity index (χ0v) is 18.7. The van der Waals surface area contributed by atoms with Gasteiger partial charge in [0.2, 0.25) is 0 Å². The van der Waals surface area contributed by atoms with Crippen LogP contribution < -0.4 is 0 Å². The number of fused-ring (bicyclic) bond motifs is 1. The average Bonchev–Trinajstić information content (AvgIpc) is 2.83. The van der Waals surface area contributed by atoms with Crippen LogP contribution in [0.4, 0.5) is 0 Å². The summed E-state index contributed by atoms with van der Waals surface area (Å²) in [6.45, 7) is 7.51. The highest BCUT2D eigenvalue weighted by molar-refractivity contribution is 5.30. The maximum absolute atomic E-state index is 11.5. The van der Waals surface area contributed by atoms with Crippen molar-refractivity contribution in [3.05, 3.63) is 35.4 Å². The summed E-state index contributed by atoms with van der Waals surface area (Å²) in [5.41, 5.74) is 2.23. The van der Waals surface area contributed by atoms with E-state index in [-0.39, 0.29) is 0 Å². The third-order valence-electron chi connectivity index (χ3n) is 6.37. The van der Waals surface area contributed by atoms with E-state index in [0.717, 1.165) is 38.9 Å². The molecule has 0 radical (unpaired) electrons. The monoisotopic (exact) mass is 387 g/mol. The lowest BCUT2D eigenvalue weighted by atomic mass is 9.88. The lowest BCUT2D eigenvalue weighted by Crippen LogP contribution is -2.43. The van der Waals surface area contributed by atoms with Crippen LogP contribution in [-0.4, -0.2) is 28.7 Å². The van der Waals surface area contributed by atoms with Gasteiger partial charge in [-0.2, -0.15) is 0 Å². The van der Waals surface area contributed by atoms with Gasteiger partial charge in [0.05, 0.1) is 5.60 Å². The Labute approximate surface area is 174 Å². The summed E-state index contributed by atoms with van der Waals surface area (Å²) in [4.78, 5) is 2.53. The first-order valence-corrected chi connectivity index (χ1v) is 12.2. The Bertz CT molecular complexity index is 529. The minimum atomic E-state index is -0.556. The van der Waals surface area contributed by atoms with Gasteiger partial charge < -0.3 is 5.11 Å². The van der Waals surface area contributed by atoms with Crippen molar-refractivity contribution in [2.24, 2.45) is 0 Å². The van der Waals surface area contributed by atoms with Crippen molar-refractivity contribution in [2.45, 2.75) is 116 Å². The number of benzene rings is 1. The first-order chi connectivity index (χ1) is 13.7. The summed E-state index contributed by atoms with van der Waals surface area (Å²) in [5.74, 6) is 0. The Morgan fingerprint density at radius 3 is 2.04 bits per heavy atom. The number of hydrogen-bond donors (Lipinski definition) is 1. The summed E-state index contributed by atoms with van der Waals surface area (Å²) in [7, 11) is 0. The fourth-order valence-electron chi connectivity index (χ4n) is 4.68. The van der Waals surface area contributed by atoms with Gasteiger partial charge in [-0.3, -0.25) is 4.90 Å². The van der Waals surface area contributed by atoms with E-state index < -0.39 is 5.60 Å². The lowest BCUT2D eigenvalue weighted by Gasteiger charge is -2.32. The largest absolute Gasteiger partial charge is 0.388 e. The molecule has 2 heteroatoms. The molecule has 1 heterocycles. The first kappa shape index (κ1) is 23.4. The lowest BCUT2D eigenvalue weighted by molar-refractivity contribution is -0.00332. The van der Waals surface area contributed by atoms with Crippen LogP contribution in [-0.2, 0) is 13.0 Å². The quantitative estimate of drug-likeness (QED) is 0.351. The van der Waals surface area contributed by atoms with Crippen molar-refractivity contribution in [3.8, 4) is 0 Å². The summed E-state index contributed by atoms with van der Waals surface area (Å²) in [6, 6.07) is 8.78. The van der Waals surface area contributed by atoms with Gasteiger partial charge in [0.25, 0.3) is 0 Å². The van der Waals surface area contributed by atoms with E-state index in [1.165, 1.54) is 81.8 Å². The van der Waals surface area contributed by atoms with Gasteiger partial charge in [-0.25, -0.2) is 0 Å². The van der Waals surface area contributed by atoms with E-state index in [1.807, 2.05) is 0 Å². The van der Waals surface area contributed by atoms with E-state index in [2.05, 4.69) is 43.0 Å². The summed E-state index contributed by atoms with van der Waals surface area (Å²) in [6.07, 6.45) is 17.5. The predicted octanol–water partition coefficient (Wildman–Crippen LogP) is 6.89. The van der Waals surface area contributed by atoms with Crippen molar-refractivity contribution in [2.75, 3.05) is 13.1 Å². The maximum Gasteiger partial charge on any atom is 0.0814 e. The van der Waals surface area contributed by atoms with Gasteiger partial charge >= 0.3 is 0 Å². The highest BCUT2D eigenvalue weighted by Crippen LogP contribution is 2.29. The molecule has 1 atom stereocenters. The minimum absolute atomic E-state index is 0.556. The van der Waals surface area contributed by atoms with Crippen molar-refractivity contribution < 1.29 is 5.11 Å². The zero-order valence-electron chi connectivity index (χ0n) is 18.7. The van der Waals surface area contributed by atoms with Crippen molar-refractivity contribution in [1.82, 2.24) is 4.90 Å². The fraction of sp³-hybridized carbons (Fsp3) is 0.769. The van der Waals surface area contributed by atoms with Gasteiger partial charge in [0, 0.05) is 19.5 Å². The smallest absolute Gasteiger partial charge is 0.0814 e. The molecule has 0 aliphatic carbocycles. The Balaban J connectivity index is 1.87. The Kier molecular flexibility index (Phi) is 11.2. The Morgan fingerprint density at radius 1 is 0.786 bits per heavy atom. The molecule has 0 amide bonds. The van der Waals surface area contributed by atoms with E-state index in [9.17, 15) is 5.11 Å². The van der Waals surface area contributed by atoms with Gasteiger partial charge in [0.15, 0.2) is 0 Å². The standard InChI is InChI=1S/C26H45NO/c1-3-5-7-9-11-15-19-26(28)21-24-17-13-14-18-25(24)22-27(23-26)20-16-12-10-8-6-4-2/h13-14,17-18,28H,3-12,15-16,19-23H2,1-2H3. The molecule has 2 rings (SSSR count). The fourth-order valence-corrected chi connectivity index (χ4v) is 4.68. The molecule has 1 aliphatic rings. The number of aliphatic hydroxyl groups is 1. The second-order valence-electron chi connectivity index (χ2n) is 9.17. The van der Waals surface area contributed by atoms with Crippen LogP contribution >= 0.6 is 0 Å². The molecule has 0 fully saturated rings.